The van der Waals surface area contributed by atoms with E-state index < -0.39 is 0 Å². The molecule has 3 rings (SSSR count). The number of carbonyl (C=O) groups excluding carboxylic acids is 1. The molecule has 104 valence electrons. The highest BCUT2D eigenvalue weighted by atomic mass is 79.9. The number of hydrogen-bond donors (Lipinski definition) is 1. The van der Waals surface area contributed by atoms with Crippen molar-refractivity contribution in [1.29, 1.82) is 0 Å². The van der Waals surface area contributed by atoms with E-state index in [1.165, 1.54) is 0 Å². The minimum atomic E-state index is -0.0663. The van der Waals surface area contributed by atoms with Crippen LogP contribution >= 0.6 is 31.9 Å². The van der Waals surface area contributed by atoms with Gasteiger partial charge in [0.1, 0.15) is 5.76 Å². The van der Waals surface area contributed by atoms with Crippen LogP contribution in [0, 0.1) is 0 Å². The lowest BCUT2D eigenvalue weighted by molar-refractivity contribution is 0.0931. The monoisotopic (exact) mass is 397 g/mol. The fourth-order valence-corrected chi connectivity index (χ4v) is 3.77. The molecule has 1 atom stereocenters. The quantitative estimate of drug-likeness (QED) is 0.802. The second kappa shape index (κ2) is 5.74. The molecule has 2 aromatic rings. The van der Waals surface area contributed by atoms with Crippen molar-refractivity contribution in [3.05, 3.63) is 56.4 Å². The average molecular weight is 399 g/mol. The molecule has 1 aromatic heterocycles. The largest absolute Gasteiger partial charge is 0.469 e. The zero-order chi connectivity index (χ0) is 14.1. The highest BCUT2D eigenvalue weighted by Crippen LogP contribution is 2.31. The Kier molecular flexibility index (Phi) is 3.98. The highest BCUT2D eigenvalue weighted by Gasteiger charge is 2.24. The molecule has 0 saturated carbocycles. The van der Waals surface area contributed by atoms with Gasteiger partial charge in [0.15, 0.2) is 0 Å². The second-order valence-corrected chi connectivity index (χ2v) is 6.61. The third-order valence-corrected chi connectivity index (χ3v) is 4.68. The molecule has 0 bridgehead atoms. The van der Waals surface area contributed by atoms with Crippen LogP contribution in [0.3, 0.4) is 0 Å². The maximum absolute atomic E-state index is 12.4. The van der Waals surface area contributed by atoms with Crippen LogP contribution in [0.5, 0.6) is 0 Å². The van der Waals surface area contributed by atoms with Crippen molar-refractivity contribution < 1.29 is 9.21 Å². The van der Waals surface area contributed by atoms with E-state index in [9.17, 15) is 4.79 Å². The Labute approximate surface area is 134 Å². The number of halogens is 2. The van der Waals surface area contributed by atoms with Crippen molar-refractivity contribution in [2.24, 2.45) is 0 Å². The van der Waals surface area contributed by atoms with Gasteiger partial charge < -0.3 is 9.73 Å². The van der Waals surface area contributed by atoms with E-state index in [1.807, 2.05) is 24.3 Å². The smallest absolute Gasteiger partial charge is 0.252 e. The van der Waals surface area contributed by atoms with Crippen molar-refractivity contribution >= 4 is 37.8 Å². The number of carbonyl (C=O) groups is 1. The van der Waals surface area contributed by atoms with Crippen molar-refractivity contribution in [2.75, 3.05) is 0 Å². The third kappa shape index (κ3) is 2.69. The van der Waals surface area contributed by atoms with Gasteiger partial charge in [0.2, 0.25) is 0 Å². The fourth-order valence-electron chi connectivity index (χ4n) is 2.55. The van der Waals surface area contributed by atoms with Crippen molar-refractivity contribution in [3.8, 4) is 0 Å². The number of aryl methyl sites for hydroxylation is 1. The molecule has 5 heteroatoms. The normalized spacial score (nSPS) is 17.6. The Morgan fingerprint density at radius 1 is 1.30 bits per heavy atom. The van der Waals surface area contributed by atoms with Gasteiger partial charge in [-0.1, -0.05) is 15.9 Å². The molecule has 1 N–H and O–H groups in total. The Balaban J connectivity index is 1.81. The van der Waals surface area contributed by atoms with Gasteiger partial charge in [0.05, 0.1) is 17.9 Å². The van der Waals surface area contributed by atoms with Crippen LogP contribution < -0.4 is 5.32 Å². The topological polar surface area (TPSA) is 42.2 Å². The first-order chi connectivity index (χ1) is 9.65. The molecule has 1 heterocycles. The number of fused-ring (bicyclic) bond motifs is 1. The van der Waals surface area contributed by atoms with Crippen molar-refractivity contribution in [2.45, 2.75) is 25.3 Å². The zero-order valence-corrected chi connectivity index (χ0v) is 13.8. The van der Waals surface area contributed by atoms with Crippen LogP contribution in [-0.2, 0) is 6.42 Å². The molecule has 0 saturated heterocycles. The first kappa shape index (κ1) is 13.9. The molecule has 1 unspecified atom stereocenters. The fraction of sp³-hybridized carbons (Fsp3) is 0.267. The standard InChI is InChI=1S/C15H13Br2NO2/c16-9-4-5-10(12(17)8-9)15(19)18-13-2-1-3-14-11(13)6-7-20-14/h4-8,13H,1-3H2,(H,18,19). The minimum Gasteiger partial charge on any atom is -0.469 e. The van der Waals surface area contributed by atoms with Crippen LogP contribution in [0.1, 0.15) is 40.6 Å². The lowest BCUT2D eigenvalue weighted by atomic mass is 9.93. The Morgan fingerprint density at radius 3 is 2.95 bits per heavy atom. The second-order valence-electron chi connectivity index (χ2n) is 4.84. The molecule has 1 aliphatic rings. The van der Waals surface area contributed by atoms with Crippen LogP contribution in [0.2, 0.25) is 0 Å². The van der Waals surface area contributed by atoms with E-state index in [0.29, 0.717) is 5.56 Å². The number of nitrogens with one attached hydrogen (secondary N) is 1. The number of hydrogen-bond acceptors (Lipinski definition) is 2. The van der Waals surface area contributed by atoms with Gasteiger partial charge in [-0.15, -0.1) is 0 Å². The van der Waals surface area contributed by atoms with E-state index in [2.05, 4.69) is 37.2 Å². The minimum absolute atomic E-state index is 0.0422. The van der Waals surface area contributed by atoms with Gasteiger partial charge in [0, 0.05) is 20.9 Å². The zero-order valence-electron chi connectivity index (χ0n) is 10.7. The molecular weight excluding hydrogens is 386 g/mol. The summed E-state index contributed by atoms with van der Waals surface area (Å²) in [6.45, 7) is 0. The molecule has 0 spiro atoms. The lowest BCUT2D eigenvalue weighted by Gasteiger charge is -2.23. The van der Waals surface area contributed by atoms with Crippen LogP contribution in [0.25, 0.3) is 0 Å². The molecule has 3 nitrogen and oxygen atoms in total. The number of furan rings is 1. The molecule has 1 aliphatic carbocycles. The van der Waals surface area contributed by atoms with Crippen LogP contribution in [0.4, 0.5) is 0 Å². The Morgan fingerprint density at radius 2 is 2.15 bits per heavy atom. The van der Waals surface area contributed by atoms with Gasteiger partial charge in [-0.05, 0) is 53.0 Å². The molecule has 1 amide bonds. The predicted octanol–water partition coefficient (Wildman–Crippen LogP) is 4.61. The number of benzene rings is 1. The maximum atomic E-state index is 12.4. The van der Waals surface area contributed by atoms with E-state index >= 15 is 0 Å². The van der Waals surface area contributed by atoms with Crippen LogP contribution in [0.15, 0.2) is 43.9 Å². The third-order valence-electron chi connectivity index (χ3n) is 3.53. The summed E-state index contributed by atoms with van der Waals surface area (Å²) in [4.78, 5) is 12.4. The molecule has 20 heavy (non-hydrogen) atoms. The van der Waals surface area contributed by atoms with Gasteiger partial charge >= 0.3 is 0 Å². The summed E-state index contributed by atoms with van der Waals surface area (Å²) in [5.74, 6) is 0.930. The van der Waals surface area contributed by atoms with Crippen LogP contribution in [-0.4, -0.2) is 5.91 Å². The number of amides is 1. The number of rotatable bonds is 2. The highest BCUT2D eigenvalue weighted by molar-refractivity contribution is 9.11. The maximum Gasteiger partial charge on any atom is 0.252 e. The molecule has 0 fully saturated rings. The first-order valence-corrected chi connectivity index (χ1v) is 8.06. The Hall–Kier alpha value is -1.07. The summed E-state index contributed by atoms with van der Waals surface area (Å²) in [7, 11) is 0. The molecule has 0 aliphatic heterocycles. The average Bonchev–Trinajstić information content (AvgIpc) is 2.87. The summed E-state index contributed by atoms with van der Waals surface area (Å²) < 4.78 is 7.17. The summed E-state index contributed by atoms with van der Waals surface area (Å²) in [5, 5.41) is 3.09. The molecular formula is C15H13Br2NO2. The van der Waals surface area contributed by atoms with Gasteiger partial charge in [-0.25, -0.2) is 0 Å². The van der Waals surface area contributed by atoms with Gasteiger partial charge in [-0.3, -0.25) is 4.79 Å². The molecule has 0 radical (unpaired) electrons. The van der Waals surface area contributed by atoms with Gasteiger partial charge in [-0.2, -0.15) is 0 Å². The van der Waals surface area contributed by atoms with E-state index in [-0.39, 0.29) is 11.9 Å². The lowest BCUT2D eigenvalue weighted by Crippen LogP contribution is -2.30. The summed E-state index contributed by atoms with van der Waals surface area (Å²) in [6, 6.07) is 7.54. The molecule has 1 aromatic carbocycles. The van der Waals surface area contributed by atoms with E-state index in [4.69, 9.17) is 4.42 Å². The SMILES string of the molecule is O=C(NC1CCCc2occc21)c1ccc(Br)cc1Br. The summed E-state index contributed by atoms with van der Waals surface area (Å²) >= 11 is 6.81. The van der Waals surface area contributed by atoms with Crippen molar-refractivity contribution in [1.82, 2.24) is 5.32 Å². The summed E-state index contributed by atoms with van der Waals surface area (Å²) in [6.07, 6.45) is 4.64. The summed E-state index contributed by atoms with van der Waals surface area (Å²) in [5.41, 5.74) is 1.75. The first-order valence-electron chi connectivity index (χ1n) is 6.47. The van der Waals surface area contributed by atoms with E-state index in [1.54, 1.807) is 6.26 Å². The van der Waals surface area contributed by atoms with Gasteiger partial charge in [0.25, 0.3) is 5.91 Å². The predicted molar refractivity (Wildman–Crippen MR) is 83.7 cm³/mol. The Bertz CT molecular complexity index is 651. The van der Waals surface area contributed by atoms with E-state index in [0.717, 1.165) is 39.5 Å². The van der Waals surface area contributed by atoms with Crippen molar-refractivity contribution in [3.63, 3.8) is 0 Å².